The van der Waals surface area contributed by atoms with Gasteiger partial charge in [0.25, 0.3) is 0 Å². The van der Waals surface area contributed by atoms with E-state index in [0.29, 0.717) is 12.1 Å². The second-order valence-corrected chi connectivity index (χ2v) is 2.96. The highest BCUT2D eigenvalue weighted by atomic mass is 15.2. The molecular formula is C8H15N. The van der Waals surface area contributed by atoms with Gasteiger partial charge in [0, 0.05) is 18.6 Å². The quantitative estimate of drug-likeness (QED) is 0.482. The lowest BCUT2D eigenvalue weighted by Crippen LogP contribution is -2.33. The normalized spacial score (nSPS) is 28.2. The maximum Gasteiger partial charge on any atom is 0.0256 e. The molecule has 0 radical (unpaired) electrons. The fourth-order valence-electron chi connectivity index (χ4n) is 1.34. The Morgan fingerprint density at radius 2 is 2.22 bits per heavy atom. The van der Waals surface area contributed by atoms with Gasteiger partial charge in [-0.15, -0.1) is 0 Å². The standard InChI is InChI=1S/C8H15N/c1-7(2)9-6-4-5-8(9)3/h4-5,7-8H,6H2,1-3H3/t8-/m1/s1. The van der Waals surface area contributed by atoms with E-state index in [9.17, 15) is 0 Å². The molecule has 1 heterocycles. The average Bonchev–Trinajstić information content (AvgIpc) is 2.13. The first kappa shape index (κ1) is 6.81. The maximum atomic E-state index is 2.46. The van der Waals surface area contributed by atoms with Crippen LogP contribution in [0.1, 0.15) is 20.8 Å². The Bertz CT molecular complexity index is 116. The van der Waals surface area contributed by atoms with Crippen LogP contribution in [0.25, 0.3) is 0 Å². The van der Waals surface area contributed by atoms with Crippen LogP contribution >= 0.6 is 0 Å². The van der Waals surface area contributed by atoms with Gasteiger partial charge in [0.1, 0.15) is 0 Å². The number of nitrogens with zero attached hydrogens (tertiary/aromatic N) is 1. The first-order valence-electron chi connectivity index (χ1n) is 3.64. The van der Waals surface area contributed by atoms with Crippen molar-refractivity contribution in [1.82, 2.24) is 4.90 Å². The number of hydrogen-bond donors (Lipinski definition) is 0. The molecule has 1 aliphatic heterocycles. The third-order valence-corrected chi connectivity index (χ3v) is 1.92. The SMILES string of the molecule is CC(C)N1CC=C[C@H]1C. The summed E-state index contributed by atoms with van der Waals surface area (Å²) in [5, 5.41) is 0. The lowest BCUT2D eigenvalue weighted by atomic mass is 10.2. The summed E-state index contributed by atoms with van der Waals surface area (Å²) in [5.74, 6) is 0. The van der Waals surface area contributed by atoms with Crippen molar-refractivity contribution in [2.45, 2.75) is 32.9 Å². The van der Waals surface area contributed by atoms with Crippen LogP contribution in [-0.4, -0.2) is 23.5 Å². The highest BCUT2D eigenvalue weighted by Crippen LogP contribution is 2.11. The van der Waals surface area contributed by atoms with Gasteiger partial charge in [-0.3, -0.25) is 4.90 Å². The van der Waals surface area contributed by atoms with E-state index in [1.807, 2.05) is 0 Å². The summed E-state index contributed by atoms with van der Waals surface area (Å²) in [6.07, 6.45) is 4.50. The van der Waals surface area contributed by atoms with E-state index in [-0.39, 0.29) is 0 Å². The molecule has 1 nitrogen and oxygen atoms in total. The van der Waals surface area contributed by atoms with Crippen LogP contribution in [0.15, 0.2) is 12.2 Å². The van der Waals surface area contributed by atoms with E-state index in [1.165, 1.54) is 0 Å². The highest BCUT2D eigenvalue weighted by molar-refractivity contribution is 5.02. The zero-order valence-electron chi connectivity index (χ0n) is 6.46. The molecule has 0 spiro atoms. The fraction of sp³-hybridized carbons (Fsp3) is 0.750. The molecule has 0 aromatic rings. The molecule has 0 aromatic carbocycles. The summed E-state index contributed by atoms with van der Waals surface area (Å²) in [7, 11) is 0. The van der Waals surface area contributed by atoms with E-state index in [2.05, 4.69) is 37.8 Å². The van der Waals surface area contributed by atoms with Gasteiger partial charge in [0.05, 0.1) is 0 Å². The highest BCUT2D eigenvalue weighted by Gasteiger charge is 2.16. The van der Waals surface area contributed by atoms with Crippen LogP contribution < -0.4 is 0 Å². The Hall–Kier alpha value is -0.300. The Labute approximate surface area is 57.4 Å². The minimum absolute atomic E-state index is 0.657. The molecule has 52 valence electrons. The summed E-state index contributed by atoms with van der Waals surface area (Å²) in [4.78, 5) is 2.46. The Balaban J connectivity index is 2.45. The van der Waals surface area contributed by atoms with Crippen LogP contribution in [0.3, 0.4) is 0 Å². The van der Waals surface area contributed by atoms with Gasteiger partial charge >= 0.3 is 0 Å². The van der Waals surface area contributed by atoms with Crippen molar-refractivity contribution in [1.29, 1.82) is 0 Å². The van der Waals surface area contributed by atoms with Gasteiger partial charge in [0.2, 0.25) is 0 Å². The van der Waals surface area contributed by atoms with Crippen LogP contribution in [0.2, 0.25) is 0 Å². The molecule has 0 saturated heterocycles. The first-order chi connectivity index (χ1) is 4.22. The van der Waals surface area contributed by atoms with Crippen molar-refractivity contribution in [3.63, 3.8) is 0 Å². The molecule has 0 fully saturated rings. The molecule has 1 aliphatic rings. The van der Waals surface area contributed by atoms with Crippen molar-refractivity contribution in [3.8, 4) is 0 Å². The third-order valence-electron chi connectivity index (χ3n) is 1.92. The van der Waals surface area contributed by atoms with Gasteiger partial charge in [-0.1, -0.05) is 12.2 Å². The van der Waals surface area contributed by atoms with Crippen molar-refractivity contribution >= 4 is 0 Å². The topological polar surface area (TPSA) is 3.24 Å². The molecule has 1 atom stereocenters. The van der Waals surface area contributed by atoms with Gasteiger partial charge in [-0.05, 0) is 20.8 Å². The summed E-state index contributed by atoms with van der Waals surface area (Å²) < 4.78 is 0. The predicted octanol–water partition coefficient (Wildman–Crippen LogP) is 1.66. The Kier molecular flexibility index (Phi) is 1.91. The summed E-state index contributed by atoms with van der Waals surface area (Å²) >= 11 is 0. The van der Waals surface area contributed by atoms with E-state index in [4.69, 9.17) is 0 Å². The zero-order valence-corrected chi connectivity index (χ0v) is 6.46. The third kappa shape index (κ3) is 1.33. The van der Waals surface area contributed by atoms with Gasteiger partial charge < -0.3 is 0 Å². The van der Waals surface area contributed by atoms with E-state index in [1.54, 1.807) is 0 Å². The largest absolute Gasteiger partial charge is 0.291 e. The molecular weight excluding hydrogens is 110 g/mol. The predicted molar refractivity (Wildman–Crippen MR) is 40.4 cm³/mol. The lowest BCUT2D eigenvalue weighted by molar-refractivity contribution is 0.231. The molecule has 1 rings (SSSR count). The van der Waals surface area contributed by atoms with E-state index >= 15 is 0 Å². The summed E-state index contributed by atoms with van der Waals surface area (Å²) in [6, 6.07) is 1.35. The van der Waals surface area contributed by atoms with E-state index in [0.717, 1.165) is 6.54 Å². The first-order valence-corrected chi connectivity index (χ1v) is 3.64. The average molecular weight is 125 g/mol. The minimum atomic E-state index is 0.657. The van der Waals surface area contributed by atoms with Crippen molar-refractivity contribution in [3.05, 3.63) is 12.2 Å². The van der Waals surface area contributed by atoms with Gasteiger partial charge in [-0.2, -0.15) is 0 Å². The molecule has 0 saturated carbocycles. The molecule has 0 unspecified atom stereocenters. The molecule has 1 heteroatoms. The number of rotatable bonds is 1. The molecule has 0 aromatic heterocycles. The monoisotopic (exact) mass is 125 g/mol. The zero-order chi connectivity index (χ0) is 6.85. The van der Waals surface area contributed by atoms with Gasteiger partial charge in [0.15, 0.2) is 0 Å². The second kappa shape index (κ2) is 2.53. The lowest BCUT2D eigenvalue weighted by Gasteiger charge is -2.24. The van der Waals surface area contributed by atoms with E-state index < -0.39 is 0 Å². The number of hydrogen-bond acceptors (Lipinski definition) is 1. The Morgan fingerprint density at radius 1 is 1.56 bits per heavy atom. The van der Waals surface area contributed by atoms with Crippen molar-refractivity contribution in [2.75, 3.05) is 6.54 Å². The molecule has 9 heavy (non-hydrogen) atoms. The van der Waals surface area contributed by atoms with Crippen molar-refractivity contribution in [2.24, 2.45) is 0 Å². The Morgan fingerprint density at radius 3 is 2.44 bits per heavy atom. The van der Waals surface area contributed by atoms with Gasteiger partial charge in [-0.25, -0.2) is 0 Å². The van der Waals surface area contributed by atoms with Crippen LogP contribution in [0.5, 0.6) is 0 Å². The maximum absolute atomic E-state index is 2.46. The molecule has 0 amide bonds. The second-order valence-electron chi connectivity index (χ2n) is 2.96. The van der Waals surface area contributed by atoms with Crippen LogP contribution in [-0.2, 0) is 0 Å². The fourth-order valence-corrected chi connectivity index (χ4v) is 1.34. The summed E-state index contributed by atoms with van der Waals surface area (Å²) in [6.45, 7) is 7.86. The smallest absolute Gasteiger partial charge is 0.0256 e. The van der Waals surface area contributed by atoms with Crippen molar-refractivity contribution < 1.29 is 0 Å². The van der Waals surface area contributed by atoms with Crippen LogP contribution in [0.4, 0.5) is 0 Å². The molecule has 0 bridgehead atoms. The molecule has 0 N–H and O–H groups in total. The summed E-state index contributed by atoms with van der Waals surface area (Å²) in [5.41, 5.74) is 0. The molecule has 0 aliphatic carbocycles. The minimum Gasteiger partial charge on any atom is -0.291 e. The van der Waals surface area contributed by atoms with Crippen LogP contribution in [0, 0.1) is 0 Å².